The molecule has 0 unspecified atom stereocenters. The summed E-state index contributed by atoms with van der Waals surface area (Å²) in [7, 11) is 0. The van der Waals surface area contributed by atoms with Crippen LogP contribution in [0.25, 0.3) is 11.0 Å². The molecule has 2 aromatic rings. The van der Waals surface area contributed by atoms with Gasteiger partial charge in [-0.2, -0.15) is 0 Å². The van der Waals surface area contributed by atoms with E-state index in [9.17, 15) is 0 Å². The van der Waals surface area contributed by atoms with E-state index in [0.717, 1.165) is 5.52 Å². The van der Waals surface area contributed by atoms with E-state index >= 15 is 0 Å². The molecular formula is C6H5ClN4. The quantitative estimate of drug-likeness (QED) is 0.621. The van der Waals surface area contributed by atoms with Crippen molar-refractivity contribution in [3.05, 3.63) is 17.5 Å². The molecule has 0 amide bonds. The van der Waals surface area contributed by atoms with Crippen LogP contribution in [0.2, 0.25) is 5.28 Å². The average molecular weight is 169 g/mol. The van der Waals surface area contributed by atoms with Crippen LogP contribution in [-0.2, 0) is 0 Å². The van der Waals surface area contributed by atoms with E-state index in [1.807, 2.05) is 0 Å². The standard InChI is InChI=1S/C6H5ClN4/c7-6-10-3-1-2-9-5(8)4(3)11-6/h1-2H,(H2,8,9)(H,10,11). The molecule has 2 aromatic heterocycles. The Labute approximate surface area is 67.4 Å². The van der Waals surface area contributed by atoms with Gasteiger partial charge in [-0.3, -0.25) is 0 Å². The maximum absolute atomic E-state index is 5.61. The van der Waals surface area contributed by atoms with E-state index in [-0.39, 0.29) is 0 Å². The molecule has 3 N–H and O–H groups in total. The summed E-state index contributed by atoms with van der Waals surface area (Å²) >= 11 is 5.61. The lowest BCUT2D eigenvalue weighted by atomic mass is 10.4. The molecule has 5 heteroatoms. The number of rotatable bonds is 0. The number of imidazole rings is 1. The second-order valence-electron chi connectivity index (χ2n) is 2.12. The van der Waals surface area contributed by atoms with Crippen molar-refractivity contribution < 1.29 is 0 Å². The Balaban J connectivity index is 2.90. The Morgan fingerprint density at radius 2 is 2.36 bits per heavy atom. The first-order valence-corrected chi connectivity index (χ1v) is 3.41. The van der Waals surface area contributed by atoms with Crippen LogP contribution in [0, 0.1) is 0 Å². The van der Waals surface area contributed by atoms with Gasteiger partial charge in [-0.05, 0) is 17.7 Å². The van der Waals surface area contributed by atoms with Crippen molar-refractivity contribution in [2.24, 2.45) is 0 Å². The van der Waals surface area contributed by atoms with Crippen LogP contribution in [0.3, 0.4) is 0 Å². The highest BCUT2D eigenvalue weighted by Crippen LogP contribution is 2.17. The van der Waals surface area contributed by atoms with E-state index in [1.165, 1.54) is 0 Å². The molecule has 0 aliphatic rings. The number of nitrogens with two attached hydrogens (primary N) is 1. The van der Waals surface area contributed by atoms with Crippen LogP contribution in [-0.4, -0.2) is 15.0 Å². The average Bonchev–Trinajstić information content (AvgIpc) is 2.31. The maximum atomic E-state index is 5.61. The van der Waals surface area contributed by atoms with E-state index < -0.39 is 0 Å². The van der Waals surface area contributed by atoms with Gasteiger partial charge in [0.25, 0.3) is 0 Å². The van der Waals surface area contributed by atoms with Crippen molar-refractivity contribution in [2.75, 3.05) is 5.73 Å². The molecule has 0 radical (unpaired) electrons. The van der Waals surface area contributed by atoms with Gasteiger partial charge in [0.2, 0.25) is 5.28 Å². The molecule has 4 nitrogen and oxygen atoms in total. The van der Waals surface area contributed by atoms with Gasteiger partial charge >= 0.3 is 0 Å². The van der Waals surface area contributed by atoms with Crippen molar-refractivity contribution in [3.63, 3.8) is 0 Å². The number of hydrogen-bond acceptors (Lipinski definition) is 3. The van der Waals surface area contributed by atoms with Crippen LogP contribution < -0.4 is 5.73 Å². The lowest BCUT2D eigenvalue weighted by Gasteiger charge is -1.89. The number of nitrogens with zero attached hydrogens (tertiary/aromatic N) is 2. The highest BCUT2D eigenvalue weighted by molar-refractivity contribution is 6.29. The van der Waals surface area contributed by atoms with Gasteiger partial charge in [0, 0.05) is 6.20 Å². The molecule has 0 atom stereocenters. The van der Waals surface area contributed by atoms with Crippen molar-refractivity contribution >= 4 is 28.5 Å². The van der Waals surface area contributed by atoms with Gasteiger partial charge in [0.1, 0.15) is 5.52 Å². The lowest BCUT2D eigenvalue weighted by molar-refractivity contribution is 1.33. The first-order chi connectivity index (χ1) is 5.27. The molecule has 0 fully saturated rings. The number of nitrogen functional groups attached to an aromatic ring is 1. The molecule has 0 aliphatic heterocycles. The fraction of sp³-hybridized carbons (Fsp3) is 0. The monoisotopic (exact) mass is 168 g/mol. The minimum absolute atomic E-state index is 0.333. The third-order valence-corrected chi connectivity index (χ3v) is 1.58. The third kappa shape index (κ3) is 0.914. The predicted octanol–water partition coefficient (Wildman–Crippen LogP) is 1.19. The molecule has 0 saturated carbocycles. The SMILES string of the molecule is Nc1nccc2[nH]c(Cl)nc12. The fourth-order valence-electron chi connectivity index (χ4n) is 0.926. The van der Waals surface area contributed by atoms with Crippen LogP contribution in [0.1, 0.15) is 0 Å². The number of aromatic amines is 1. The summed E-state index contributed by atoms with van der Waals surface area (Å²) < 4.78 is 0. The molecule has 0 bridgehead atoms. The summed E-state index contributed by atoms with van der Waals surface area (Å²) in [6, 6.07) is 1.77. The number of aromatic nitrogens is 3. The lowest BCUT2D eigenvalue weighted by Crippen LogP contribution is -1.89. The first kappa shape index (κ1) is 6.42. The maximum Gasteiger partial charge on any atom is 0.201 e. The van der Waals surface area contributed by atoms with Gasteiger partial charge < -0.3 is 10.7 Å². The Morgan fingerprint density at radius 3 is 3.09 bits per heavy atom. The number of hydrogen-bond donors (Lipinski definition) is 2. The molecule has 11 heavy (non-hydrogen) atoms. The predicted molar refractivity (Wildman–Crippen MR) is 43.3 cm³/mol. The number of fused-ring (bicyclic) bond motifs is 1. The highest BCUT2D eigenvalue weighted by atomic mass is 35.5. The number of anilines is 1. The van der Waals surface area contributed by atoms with E-state index in [2.05, 4.69) is 15.0 Å². The molecule has 2 rings (SSSR count). The Hall–Kier alpha value is -1.29. The zero-order valence-electron chi connectivity index (χ0n) is 5.50. The number of pyridine rings is 1. The van der Waals surface area contributed by atoms with E-state index in [1.54, 1.807) is 12.3 Å². The van der Waals surface area contributed by atoms with E-state index in [4.69, 9.17) is 17.3 Å². The molecular weight excluding hydrogens is 164 g/mol. The Bertz CT molecular complexity index is 394. The summed E-state index contributed by atoms with van der Waals surface area (Å²) in [5.74, 6) is 0.394. The molecule has 0 aromatic carbocycles. The zero-order chi connectivity index (χ0) is 7.84. The molecule has 2 heterocycles. The smallest absolute Gasteiger partial charge is 0.201 e. The summed E-state index contributed by atoms with van der Waals surface area (Å²) in [4.78, 5) is 10.6. The van der Waals surface area contributed by atoms with Crippen LogP contribution in [0.4, 0.5) is 5.82 Å². The fourth-order valence-corrected chi connectivity index (χ4v) is 1.11. The summed E-state index contributed by atoms with van der Waals surface area (Å²) in [6.45, 7) is 0. The van der Waals surface area contributed by atoms with Crippen molar-refractivity contribution in [1.29, 1.82) is 0 Å². The van der Waals surface area contributed by atoms with Gasteiger partial charge in [-0.1, -0.05) is 0 Å². The van der Waals surface area contributed by atoms with Crippen molar-refractivity contribution in [2.45, 2.75) is 0 Å². The second kappa shape index (κ2) is 2.10. The number of halogens is 1. The number of H-pyrrole nitrogens is 1. The largest absolute Gasteiger partial charge is 0.382 e. The molecule has 0 aliphatic carbocycles. The van der Waals surface area contributed by atoms with Crippen molar-refractivity contribution in [1.82, 2.24) is 15.0 Å². The Morgan fingerprint density at radius 1 is 1.55 bits per heavy atom. The van der Waals surface area contributed by atoms with Gasteiger partial charge in [-0.25, -0.2) is 9.97 Å². The second-order valence-corrected chi connectivity index (χ2v) is 2.48. The normalized spacial score (nSPS) is 10.6. The van der Waals surface area contributed by atoms with Gasteiger partial charge in [0.05, 0.1) is 5.52 Å². The van der Waals surface area contributed by atoms with Gasteiger partial charge in [0.15, 0.2) is 5.82 Å². The topological polar surface area (TPSA) is 67.6 Å². The minimum atomic E-state index is 0.333. The first-order valence-electron chi connectivity index (χ1n) is 3.03. The van der Waals surface area contributed by atoms with E-state index in [0.29, 0.717) is 16.6 Å². The summed E-state index contributed by atoms with van der Waals surface area (Å²) in [5.41, 5.74) is 6.95. The summed E-state index contributed by atoms with van der Waals surface area (Å²) in [6.07, 6.45) is 1.60. The number of nitrogens with one attached hydrogen (secondary N) is 1. The molecule has 56 valence electrons. The highest BCUT2D eigenvalue weighted by Gasteiger charge is 2.02. The molecule has 0 saturated heterocycles. The van der Waals surface area contributed by atoms with Crippen LogP contribution in [0.15, 0.2) is 12.3 Å². The zero-order valence-corrected chi connectivity index (χ0v) is 6.26. The Kier molecular flexibility index (Phi) is 1.22. The van der Waals surface area contributed by atoms with Crippen molar-refractivity contribution in [3.8, 4) is 0 Å². The van der Waals surface area contributed by atoms with Crippen LogP contribution in [0.5, 0.6) is 0 Å². The minimum Gasteiger partial charge on any atom is -0.382 e. The van der Waals surface area contributed by atoms with Crippen LogP contribution >= 0.6 is 11.6 Å². The summed E-state index contributed by atoms with van der Waals surface area (Å²) in [5, 5.41) is 0.333. The van der Waals surface area contributed by atoms with Gasteiger partial charge in [-0.15, -0.1) is 0 Å². The third-order valence-electron chi connectivity index (χ3n) is 1.40. The molecule has 0 spiro atoms.